The van der Waals surface area contributed by atoms with Gasteiger partial charge in [0.05, 0.1) is 0 Å². The van der Waals surface area contributed by atoms with Gasteiger partial charge < -0.3 is 16.0 Å². The van der Waals surface area contributed by atoms with Gasteiger partial charge in [-0.15, -0.1) is 0 Å². The molecule has 3 aromatic carbocycles. The summed E-state index contributed by atoms with van der Waals surface area (Å²) in [4.78, 5) is 37.3. The van der Waals surface area contributed by atoms with E-state index in [-0.39, 0.29) is 68.8 Å². The van der Waals surface area contributed by atoms with Crippen molar-refractivity contribution in [3.05, 3.63) is 106 Å². The number of benzene rings is 3. The zero-order valence-corrected chi connectivity index (χ0v) is 42.9. The predicted molar refractivity (Wildman–Crippen MR) is 257 cm³/mol. The van der Waals surface area contributed by atoms with E-state index < -0.39 is 34.9 Å². The third-order valence-electron chi connectivity index (χ3n) is 10.2. The first-order valence-electron chi connectivity index (χ1n) is 23.1. The van der Waals surface area contributed by atoms with Crippen LogP contribution in [0.2, 0.25) is 0 Å². The van der Waals surface area contributed by atoms with E-state index in [9.17, 15) is 40.7 Å². The maximum Gasteiger partial charge on any atom is 0.224 e. The first kappa shape index (κ1) is 59.7. The molecular formula is C54H81F6N3O3. The minimum absolute atomic E-state index is 0.00398. The van der Waals surface area contributed by atoms with Crippen molar-refractivity contribution >= 4 is 17.7 Å². The van der Waals surface area contributed by atoms with Gasteiger partial charge >= 0.3 is 0 Å². The Morgan fingerprint density at radius 1 is 0.439 bits per heavy atom. The molecule has 0 saturated heterocycles. The first-order chi connectivity index (χ1) is 29.8. The molecule has 0 aliphatic heterocycles. The number of hydrogen-bond acceptors (Lipinski definition) is 3. The van der Waals surface area contributed by atoms with Crippen molar-refractivity contribution in [2.75, 3.05) is 0 Å². The number of aryl methyl sites for hydroxylation is 3. The van der Waals surface area contributed by atoms with Crippen molar-refractivity contribution in [3.63, 3.8) is 0 Å². The molecular weight excluding hydrogens is 853 g/mol. The topological polar surface area (TPSA) is 87.3 Å². The Morgan fingerprint density at radius 2 is 0.742 bits per heavy atom. The molecule has 0 aliphatic carbocycles. The second kappa shape index (κ2) is 25.1. The minimum atomic E-state index is -0.582. The molecule has 0 fully saturated rings. The Bertz CT molecular complexity index is 1960. The van der Waals surface area contributed by atoms with E-state index in [0.717, 1.165) is 24.6 Å². The van der Waals surface area contributed by atoms with Gasteiger partial charge in [-0.05, 0) is 177 Å². The summed E-state index contributed by atoms with van der Waals surface area (Å²) < 4.78 is 79.4. The lowest BCUT2D eigenvalue weighted by Crippen LogP contribution is -2.47. The third kappa shape index (κ3) is 26.1. The van der Waals surface area contributed by atoms with E-state index in [1.165, 1.54) is 36.4 Å². The van der Waals surface area contributed by atoms with E-state index >= 15 is 0 Å². The van der Waals surface area contributed by atoms with Crippen molar-refractivity contribution < 1.29 is 40.7 Å². The largest absolute Gasteiger partial charge is 0.351 e. The molecule has 3 atom stereocenters. The highest BCUT2D eigenvalue weighted by Crippen LogP contribution is 2.32. The van der Waals surface area contributed by atoms with Gasteiger partial charge in [0.2, 0.25) is 17.7 Å². The number of nitrogens with one attached hydrogen (secondary N) is 3. The molecule has 66 heavy (non-hydrogen) atoms. The van der Waals surface area contributed by atoms with Crippen LogP contribution >= 0.6 is 0 Å². The van der Waals surface area contributed by atoms with Gasteiger partial charge in [0.25, 0.3) is 0 Å². The molecule has 0 aromatic heterocycles. The molecule has 0 spiro atoms. The Balaban J connectivity index is 0.000000496. The van der Waals surface area contributed by atoms with Crippen molar-refractivity contribution in [1.29, 1.82) is 0 Å². The van der Waals surface area contributed by atoms with Gasteiger partial charge in [-0.3, -0.25) is 14.4 Å². The van der Waals surface area contributed by atoms with E-state index in [1.807, 2.05) is 96.9 Å². The molecule has 0 heterocycles. The van der Waals surface area contributed by atoms with Gasteiger partial charge in [0.1, 0.15) is 34.9 Å². The van der Waals surface area contributed by atoms with Crippen LogP contribution in [-0.4, -0.2) is 34.3 Å². The molecule has 3 rings (SSSR count). The van der Waals surface area contributed by atoms with Crippen LogP contribution in [0.5, 0.6) is 0 Å². The van der Waals surface area contributed by atoms with Gasteiger partial charge in [-0.25, -0.2) is 26.3 Å². The maximum absolute atomic E-state index is 13.3. The Kier molecular flexibility index (Phi) is 22.7. The second-order valence-electron chi connectivity index (χ2n) is 23.4. The van der Waals surface area contributed by atoms with Crippen molar-refractivity contribution in [3.8, 4) is 0 Å². The number of carbonyl (C=O) groups is 3. The van der Waals surface area contributed by atoms with Crippen LogP contribution in [0, 0.1) is 69.4 Å². The summed E-state index contributed by atoms with van der Waals surface area (Å²) in [5.74, 6) is -3.90. The molecule has 3 N–H and O–H groups in total. The standard InChI is InChI=1S/C19H29F2NO.C18H27F2NO.C17H25F2NO/c1-18(2,3)12-14(17(23)22-19(4,5)6)8-7-13-9-15(20)11-16(21)10-13;1-17(2,3)15(16(22)21-18(4,5)6)8-7-12-9-13(19)11-14(20)10-12;1-11(2)15(16(21)20-17(3,4)5)7-6-12-8-13(18)10-14(19)9-12/h9-11,14H,7-8,12H2,1-6H3,(H,22,23);9-11,15H,7-8H2,1-6H3,(H,21,22);8-11,15H,6-7H2,1-5H3,(H,20,21). The quantitative estimate of drug-likeness (QED) is 0.141. The molecule has 3 amide bonds. The Hall–Kier alpha value is -4.35. The molecule has 0 bridgehead atoms. The van der Waals surface area contributed by atoms with E-state index in [0.29, 0.717) is 55.2 Å². The fraction of sp³-hybridized carbons (Fsp3) is 0.611. The lowest BCUT2D eigenvalue weighted by molar-refractivity contribution is -0.130. The van der Waals surface area contributed by atoms with Gasteiger partial charge in [-0.1, -0.05) is 55.4 Å². The highest BCUT2D eigenvalue weighted by atomic mass is 19.2. The normalized spacial score (nSPS) is 13.6. The minimum Gasteiger partial charge on any atom is -0.351 e. The molecule has 3 unspecified atom stereocenters. The van der Waals surface area contributed by atoms with Gasteiger partial charge in [0.15, 0.2) is 0 Å². The van der Waals surface area contributed by atoms with Crippen molar-refractivity contribution in [2.24, 2.45) is 34.5 Å². The van der Waals surface area contributed by atoms with Gasteiger partial charge in [0, 0.05) is 52.6 Å². The van der Waals surface area contributed by atoms with Crippen LogP contribution in [0.1, 0.15) is 160 Å². The summed E-state index contributed by atoms with van der Waals surface area (Å²) >= 11 is 0. The monoisotopic (exact) mass is 934 g/mol. The summed E-state index contributed by atoms with van der Waals surface area (Å²) in [6, 6.07) is 10.5. The van der Waals surface area contributed by atoms with E-state index in [4.69, 9.17) is 0 Å². The molecule has 0 aliphatic rings. The maximum atomic E-state index is 13.3. The summed E-state index contributed by atoms with van der Waals surface area (Å²) in [5.41, 5.74) is 0.662. The SMILES string of the molecule is CC(C)(C)CC(CCc1cc(F)cc(F)c1)C(=O)NC(C)(C)C.CC(C)(C)NC(=O)C(CCc1cc(F)cc(F)c1)C(C)(C)C.CC(C)C(CCc1cc(F)cc(F)c1)C(=O)NC(C)(C)C. The average Bonchev–Trinajstić information content (AvgIpc) is 3.06. The zero-order chi connectivity index (χ0) is 51.2. The fourth-order valence-corrected chi connectivity index (χ4v) is 7.42. The zero-order valence-electron chi connectivity index (χ0n) is 42.9. The van der Waals surface area contributed by atoms with Crippen LogP contribution in [0.25, 0.3) is 0 Å². The fourth-order valence-electron chi connectivity index (χ4n) is 7.42. The number of rotatable bonds is 14. The summed E-state index contributed by atoms with van der Waals surface area (Å²) in [7, 11) is 0. The smallest absolute Gasteiger partial charge is 0.224 e. The highest BCUT2D eigenvalue weighted by molar-refractivity contribution is 5.80. The third-order valence-corrected chi connectivity index (χ3v) is 10.2. The molecule has 3 aromatic rings. The summed E-state index contributed by atoms with van der Waals surface area (Å²) in [5, 5.41) is 8.98. The van der Waals surface area contributed by atoms with Crippen LogP contribution in [0.3, 0.4) is 0 Å². The molecule has 0 radical (unpaired) electrons. The number of amides is 3. The highest BCUT2D eigenvalue weighted by Gasteiger charge is 2.33. The second-order valence-corrected chi connectivity index (χ2v) is 23.4. The predicted octanol–water partition coefficient (Wildman–Crippen LogP) is 13.4. The van der Waals surface area contributed by atoms with Crippen LogP contribution in [0.15, 0.2) is 54.6 Å². The Labute approximate surface area is 393 Å². The molecule has 0 saturated carbocycles. The van der Waals surface area contributed by atoms with Crippen molar-refractivity contribution in [2.45, 2.75) is 179 Å². The number of hydrogen-bond donors (Lipinski definition) is 3. The van der Waals surface area contributed by atoms with Gasteiger partial charge in [-0.2, -0.15) is 0 Å². The average molecular weight is 934 g/mol. The number of carbonyl (C=O) groups excluding carboxylic acids is 3. The van der Waals surface area contributed by atoms with Crippen molar-refractivity contribution in [1.82, 2.24) is 16.0 Å². The van der Waals surface area contributed by atoms with Crippen LogP contribution in [0.4, 0.5) is 26.3 Å². The van der Waals surface area contributed by atoms with Crippen LogP contribution < -0.4 is 16.0 Å². The Morgan fingerprint density at radius 3 is 1.05 bits per heavy atom. The lowest BCUT2D eigenvalue weighted by Gasteiger charge is -2.33. The lowest BCUT2D eigenvalue weighted by atomic mass is 9.76. The number of halogens is 6. The molecule has 6 nitrogen and oxygen atoms in total. The van der Waals surface area contributed by atoms with E-state index in [2.05, 4.69) is 36.7 Å². The molecule has 372 valence electrons. The first-order valence-corrected chi connectivity index (χ1v) is 23.1. The van der Waals surface area contributed by atoms with E-state index in [1.54, 1.807) is 0 Å². The summed E-state index contributed by atoms with van der Waals surface area (Å²) in [6.07, 6.45) is 3.85. The summed E-state index contributed by atoms with van der Waals surface area (Å²) in [6.45, 7) is 33.7. The van der Waals surface area contributed by atoms with Crippen LogP contribution in [-0.2, 0) is 33.6 Å². The molecule has 12 heteroatoms.